The molecule has 0 fully saturated rings. The monoisotopic (exact) mass is 443 g/mol. The summed E-state index contributed by atoms with van der Waals surface area (Å²) in [6.45, 7) is 2.85. The van der Waals surface area contributed by atoms with E-state index in [1.807, 2.05) is 22.1 Å². The van der Waals surface area contributed by atoms with Crippen molar-refractivity contribution in [2.45, 2.75) is 19.0 Å². The van der Waals surface area contributed by atoms with Crippen LogP contribution in [0.3, 0.4) is 0 Å². The van der Waals surface area contributed by atoms with Crippen LogP contribution in [0, 0.1) is 0 Å². The number of ether oxygens (including phenoxy) is 3. The van der Waals surface area contributed by atoms with E-state index < -0.39 is 5.54 Å². The zero-order valence-corrected chi connectivity index (χ0v) is 18.7. The van der Waals surface area contributed by atoms with Gasteiger partial charge in [0.1, 0.15) is 16.1 Å². The van der Waals surface area contributed by atoms with Gasteiger partial charge in [-0.05, 0) is 36.6 Å². The molecule has 4 rings (SSSR count). The van der Waals surface area contributed by atoms with E-state index in [1.165, 1.54) is 7.11 Å². The third kappa shape index (κ3) is 3.43. The Kier molecular flexibility index (Phi) is 5.63. The molecule has 0 spiro atoms. The maximum Gasteiger partial charge on any atom is 0.275 e. The summed E-state index contributed by atoms with van der Waals surface area (Å²) in [5.74, 6) is 0.533. The maximum absolute atomic E-state index is 13.7. The first-order valence-corrected chi connectivity index (χ1v) is 10.7. The number of nitrogens with one attached hydrogen (secondary N) is 1. The number of nitrogens with zero attached hydrogens (tertiary/aromatic N) is 2. The van der Waals surface area contributed by atoms with E-state index in [0.717, 1.165) is 10.2 Å². The van der Waals surface area contributed by atoms with Crippen molar-refractivity contribution in [3.8, 4) is 11.5 Å². The van der Waals surface area contributed by atoms with E-state index in [4.69, 9.17) is 14.2 Å². The highest BCUT2D eigenvalue weighted by Gasteiger charge is 2.48. The van der Waals surface area contributed by atoms with Gasteiger partial charge < -0.3 is 24.1 Å². The van der Waals surface area contributed by atoms with Crippen LogP contribution in [0.5, 0.6) is 11.5 Å². The van der Waals surface area contributed by atoms with Crippen molar-refractivity contribution in [3.05, 3.63) is 41.4 Å². The topological polar surface area (TPSA) is 82.0 Å². The van der Waals surface area contributed by atoms with Crippen molar-refractivity contribution in [2.75, 3.05) is 39.4 Å². The molecule has 3 heterocycles. The number of hydrogen-bond acceptors (Lipinski definition) is 6. The van der Waals surface area contributed by atoms with Crippen LogP contribution in [0.15, 0.2) is 35.7 Å². The summed E-state index contributed by atoms with van der Waals surface area (Å²) in [7, 11) is 4.67. The number of methoxy groups -OCH3 is 3. The Morgan fingerprint density at radius 1 is 1.16 bits per heavy atom. The minimum absolute atomic E-state index is 0.244. The summed E-state index contributed by atoms with van der Waals surface area (Å²) in [6, 6.07) is 9.08. The van der Waals surface area contributed by atoms with Gasteiger partial charge in [-0.25, -0.2) is 0 Å². The number of benzene rings is 1. The fourth-order valence-electron chi connectivity index (χ4n) is 4.02. The first kappa shape index (κ1) is 21.2. The lowest BCUT2D eigenvalue weighted by Gasteiger charge is -2.44. The fraction of sp³-hybridized carbons (Fsp3) is 0.364. The number of rotatable bonds is 7. The molecular formula is C22H25N3O5S. The molecular weight excluding hydrogens is 418 g/mol. The predicted molar refractivity (Wildman–Crippen MR) is 119 cm³/mol. The molecule has 1 atom stereocenters. The van der Waals surface area contributed by atoms with E-state index in [2.05, 4.69) is 5.32 Å². The summed E-state index contributed by atoms with van der Waals surface area (Å²) < 4.78 is 17.8. The van der Waals surface area contributed by atoms with Crippen LogP contribution in [-0.4, -0.2) is 56.4 Å². The van der Waals surface area contributed by atoms with Gasteiger partial charge in [-0.15, -0.1) is 11.3 Å². The highest BCUT2D eigenvalue weighted by Crippen LogP contribution is 2.40. The number of carbonyl (C=O) groups excluding carboxylic acids is 2. The largest absolute Gasteiger partial charge is 0.493 e. The Labute approximate surface area is 184 Å². The number of amides is 2. The van der Waals surface area contributed by atoms with Crippen molar-refractivity contribution in [1.82, 2.24) is 9.88 Å². The zero-order chi connectivity index (χ0) is 22.2. The van der Waals surface area contributed by atoms with Crippen molar-refractivity contribution in [2.24, 2.45) is 0 Å². The van der Waals surface area contributed by atoms with Gasteiger partial charge in [0.05, 0.1) is 27.4 Å². The smallest absolute Gasteiger partial charge is 0.275 e. The SMILES string of the molecule is COCCNC(=O)[C@]1(C)Cn2c(cc3ccsc32)C(=O)N1c1ccc(OC)c(OC)c1. The average Bonchev–Trinajstić information content (AvgIpc) is 3.36. The highest BCUT2D eigenvalue weighted by atomic mass is 32.1. The summed E-state index contributed by atoms with van der Waals surface area (Å²) in [6.07, 6.45) is 0. The summed E-state index contributed by atoms with van der Waals surface area (Å²) >= 11 is 1.56. The molecule has 9 heteroatoms. The molecule has 0 bridgehead atoms. The van der Waals surface area contributed by atoms with Crippen molar-refractivity contribution in [3.63, 3.8) is 0 Å². The van der Waals surface area contributed by atoms with Gasteiger partial charge >= 0.3 is 0 Å². The van der Waals surface area contributed by atoms with Crippen molar-refractivity contribution in [1.29, 1.82) is 0 Å². The van der Waals surface area contributed by atoms with E-state index >= 15 is 0 Å². The predicted octanol–water partition coefficient (Wildman–Crippen LogP) is 2.90. The second-order valence-corrected chi connectivity index (χ2v) is 8.39. The number of aromatic nitrogens is 1. The molecule has 3 aromatic rings. The van der Waals surface area contributed by atoms with Crippen LogP contribution in [0.1, 0.15) is 17.4 Å². The maximum atomic E-state index is 13.7. The zero-order valence-electron chi connectivity index (χ0n) is 17.9. The van der Waals surface area contributed by atoms with E-state index in [1.54, 1.807) is 55.6 Å². The number of anilines is 1. The second-order valence-electron chi connectivity index (χ2n) is 7.50. The molecule has 2 aromatic heterocycles. The van der Waals surface area contributed by atoms with Crippen LogP contribution in [0.4, 0.5) is 5.69 Å². The number of fused-ring (bicyclic) bond motifs is 3. The van der Waals surface area contributed by atoms with Gasteiger partial charge in [-0.3, -0.25) is 14.5 Å². The molecule has 1 N–H and O–H groups in total. The minimum atomic E-state index is -1.16. The van der Waals surface area contributed by atoms with Gasteiger partial charge in [-0.2, -0.15) is 0 Å². The van der Waals surface area contributed by atoms with Gasteiger partial charge in [0.15, 0.2) is 11.5 Å². The molecule has 8 nitrogen and oxygen atoms in total. The molecule has 0 radical (unpaired) electrons. The lowest BCUT2D eigenvalue weighted by atomic mass is 9.93. The molecule has 31 heavy (non-hydrogen) atoms. The van der Waals surface area contributed by atoms with Crippen molar-refractivity contribution < 1.29 is 23.8 Å². The standard InChI is InChI=1S/C22H25N3O5S/c1-22(21(27)23-8-9-28-2)13-24-16(11-14-7-10-31-20(14)24)19(26)25(22)15-5-6-17(29-3)18(12-15)30-4/h5-7,10-12H,8-9,13H2,1-4H3,(H,23,27)/t22-/m0/s1. The highest BCUT2D eigenvalue weighted by molar-refractivity contribution is 7.16. The Morgan fingerprint density at radius 3 is 2.65 bits per heavy atom. The number of carbonyl (C=O) groups is 2. The fourth-order valence-corrected chi connectivity index (χ4v) is 4.92. The van der Waals surface area contributed by atoms with Crippen molar-refractivity contribution >= 4 is 39.1 Å². The van der Waals surface area contributed by atoms with Crippen LogP contribution >= 0.6 is 11.3 Å². The van der Waals surface area contributed by atoms with Crippen LogP contribution in [-0.2, 0) is 16.1 Å². The molecule has 1 aromatic carbocycles. The van der Waals surface area contributed by atoms with E-state index in [9.17, 15) is 9.59 Å². The lowest BCUT2D eigenvalue weighted by molar-refractivity contribution is -0.126. The number of thiophene rings is 1. The minimum Gasteiger partial charge on any atom is -0.493 e. The lowest BCUT2D eigenvalue weighted by Crippen LogP contribution is -2.64. The third-order valence-corrected chi connectivity index (χ3v) is 6.54. The molecule has 1 aliphatic rings. The Bertz CT molecular complexity index is 1140. The quantitative estimate of drug-likeness (QED) is 0.568. The van der Waals surface area contributed by atoms with E-state index in [0.29, 0.717) is 42.6 Å². The molecule has 0 aliphatic carbocycles. The van der Waals surface area contributed by atoms with Gasteiger partial charge in [0.2, 0.25) is 5.91 Å². The molecule has 0 unspecified atom stereocenters. The van der Waals surface area contributed by atoms with E-state index in [-0.39, 0.29) is 11.8 Å². The second kappa shape index (κ2) is 8.24. The Morgan fingerprint density at radius 2 is 1.94 bits per heavy atom. The normalized spacial score (nSPS) is 18.2. The van der Waals surface area contributed by atoms with Crippen LogP contribution in [0.25, 0.3) is 10.2 Å². The van der Waals surface area contributed by atoms with Gasteiger partial charge in [0, 0.05) is 30.8 Å². The molecule has 0 saturated carbocycles. The third-order valence-electron chi connectivity index (χ3n) is 5.59. The Balaban J connectivity index is 1.84. The first-order valence-electron chi connectivity index (χ1n) is 9.85. The van der Waals surface area contributed by atoms with Gasteiger partial charge in [-0.1, -0.05) is 0 Å². The molecule has 2 amide bonds. The van der Waals surface area contributed by atoms with Crippen LogP contribution < -0.4 is 19.7 Å². The van der Waals surface area contributed by atoms with Crippen LogP contribution in [0.2, 0.25) is 0 Å². The average molecular weight is 444 g/mol. The first-order chi connectivity index (χ1) is 14.9. The molecule has 1 aliphatic heterocycles. The summed E-state index contributed by atoms with van der Waals surface area (Å²) in [5.41, 5.74) is -0.0467. The Hall–Kier alpha value is -3.04. The molecule has 164 valence electrons. The molecule has 0 saturated heterocycles. The number of hydrogen-bond donors (Lipinski definition) is 1. The summed E-state index contributed by atoms with van der Waals surface area (Å²) in [5, 5.41) is 5.88. The summed E-state index contributed by atoms with van der Waals surface area (Å²) in [4.78, 5) is 29.6. The van der Waals surface area contributed by atoms with Gasteiger partial charge in [0.25, 0.3) is 5.91 Å².